The first-order valence-electron chi connectivity index (χ1n) is 7.94. The number of nitro groups is 1. The van der Waals surface area contributed by atoms with Gasteiger partial charge in [0.2, 0.25) is 0 Å². The quantitative estimate of drug-likeness (QED) is 0.662. The average Bonchev–Trinajstić information content (AvgIpc) is 3.09. The smallest absolute Gasteiger partial charge is 0.270 e. The minimum absolute atomic E-state index is 0.116. The lowest BCUT2D eigenvalue weighted by molar-refractivity contribution is -0.384. The van der Waals surface area contributed by atoms with E-state index in [0.29, 0.717) is 5.82 Å². The Kier molecular flexibility index (Phi) is 4.78. The number of hydrogen-bond acceptors (Lipinski definition) is 6. The van der Waals surface area contributed by atoms with Crippen molar-refractivity contribution in [3.63, 3.8) is 0 Å². The highest BCUT2D eigenvalue weighted by Crippen LogP contribution is 2.27. The summed E-state index contributed by atoms with van der Waals surface area (Å²) in [5.41, 5.74) is 0.121. The van der Waals surface area contributed by atoms with Crippen molar-refractivity contribution in [3.05, 3.63) is 45.8 Å². The third-order valence-electron chi connectivity index (χ3n) is 4.21. The number of hydrogen-bond donors (Lipinski definition) is 1. The molecule has 0 spiro atoms. The maximum atomic E-state index is 12.2. The van der Waals surface area contributed by atoms with Gasteiger partial charge in [-0.2, -0.15) is 0 Å². The first kappa shape index (κ1) is 16.0. The molecule has 1 aliphatic carbocycles. The van der Waals surface area contributed by atoms with Crippen LogP contribution in [0.5, 0.6) is 0 Å². The molecule has 24 heavy (non-hydrogen) atoms. The Hall–Kier alpha value is -2.84. The maximum absolute atomic E-state index is 12.2. The van der Waals surface area contributed by atoms with E-state index in [0.717, 1.165) is 25.7 Å². The van der Waals surface area contributed by atoms with Crippen LogP contribution in [0.25, 0.3) is 0 Å². The van der Waals surface area contributed by atoms with Crippen LogP contribution in [0.3, 0.4) is 0 Å². The number of tetrazole rings is 1. The molecule has 0 bridgehead atoms. The monoisotopic (exact) mass is 330 g/mol. The molecule has 1 amide bonds. The van der Waals surface area contributed by atoms with Crippen LogP contribution in [0, 0.1) is 10.1 Å². The topological polar surface area (TPSA) is 116 Å². The molecule has 1 aromatic carbocycles. The van der Waals surface area contributed by atoms with Crippen LogP contribution in [0.1, 0.15) is 54.3 Å². The van der Waals surface area contributed by atoms with Gasteiger partial charge in [0, 0.05) is 17.7 Å². The Morgan fingerprint density at radius 3 is 2.88 bits per heavy atom. The summed E-state index contributed by atoms with van der Waals surface area (Å²) in [6, 6.07) is 5.89. The average molecular weight is 330 g/mol. The number of amides is 1. The highest BCUT2D eigenvalue weighted by molar-refractivity contribution is 5.94. The van der Waals surface area contributed by atoms with E-state index in [4.69, 9.17) is 0 Å². The van der Waals surface area contributed by atoms with Crippen molar-refractivity contribution in [2.75, 3.05) is 0 Å². The summed E-state index contributed by atoms with van der Waals surface area (Å²) in [6.07, 6.45) is 5.62. The molecule has 1 heterocycles. The van der Waals surface area contributed by atoms with Gasteiger partial charge in [0.05, 0.1) is 17.5 Å². The Labute approximate surface area is 138 Å². The lowest BCUT2D eigenvalue weighted by atomic mass is 9.95. The van der Waals surface area contributed by atoms with Crippen molar-refractivity contribution in [1.82, 2.24) is 25.5 Å². The number of non-ortho nitro benzene ring substituents is 1. The summed E-state index contributed by atoms with van der Waals surface area (Å²) in [5, 5.41) is 25.2. The SMILES string of the molecule is O=C(NCc1nnnn1C1CCCCC1)c1cccc([N+](=O)[O-])c1. The minimum Gasteiger partial charge on any atom is -0.345 e. The summed E-state index contributed by atoms with van der Waals surface area (Å²) >= 11 is 0. The van der Waals surface area contributed by atoms with Gasteiger partial charge in [-0.1, -0.05) is 25.3 Å². The van der Waals surface area contributed by atoms with Gasteiger partial charge in [-0.05, 0) is 29.3 Å². The Morgan fingerprint density at radius 2 is 2.12 bits per heavy atom. The van der Waals surface area contributed by atoms with E-state index in [1.165, 1.54) is 30.7 Å². The van der Waals surface area contributed by atoms with E-state index < -0.39 is 10.8 Å². The molecular formula is C15H18N6O3. The van der Waals surface area contributed by atoms with Crippen molar-refractivity contribution in [3.8, 4) is 0 Å². The lowest BCUT2D eigenvalue weighted by Crippen LogP contribution is -2.26. The van der Waals surface area contributed by atoms with Crippen molar-refractivity contribution in [2.45, 2.75) is 44.7 Å². The third-order valence-corrected chi connectivity index (χ3v) is 4.21. The van der Waals surface area contributed by atoms with Crippen LogP contribution in [-0.4, -0.2) is 31.0 Å². The van der Waals surface area contributed by atoms with Crippen molar-refractivity contribution in [2.24, 2.45) is 0 Å². The Balaban J connectivity index is 1.66. The van der Waals surface area contributed by atoms with Gasteiger partial charge < -0.3 is 5.32 Å². The van der Waals surface area contributed by atoms with Crippen LogP contribution < -0.4 is 5.32 Å². The highest BCUT2D eigenvalue weighted by atomic mass is 16.6. The fourth-order valence-corrected chi connectivity index (χ4v) is 2.96. The van der Waals surface area contributed by atoms with Gasteiger partial charge in [-0.3, -0.25) is 14.9 Å². The van der Waals surface area contributed by atoms with Crippen LogP contribution in [0.15, 0.2) is 24.3 Å². The van der Waals surface area contributed by atoms with Gasteiger partial charge in [0.1, 0.15) is 0 Å². The molecule has 0 unspecified atom stereocenters. The molecule has 0 saturated heterocycles. The number of nitro benzene ring substituents is 1. The third kappa shape index (κ3) is 3.55. The summed E-state index contributed by atoms with van der Waals surface area (Å²) in [6.45, 7) is 0.186. The van der Waals surface area contributed by atoms with Crippen LogP contribution in [0.4, 0.5) is 5.69 Å². The fraction of sp³-hybridized carbons (Fsp3) is 0.467. The largest absolute Gasteiger partial charge is 0.345 e. The normalized spacial score (nSPS) is 15.2. The second kappa shape index (κ2) is 7.16. The number of carbonyl (C=O) groups excluding carboxylic acids is 1. The first-order valence-corrected chi connectivity index (χ1v) is 7.94. The number of carbonyl (C=O) groups is 1. The number of rotatable bonds is 5. The van der Waals surface area contributed by atoms with Crippen LogP contribution >= 0.6 is 0 Å². The number of benzene rings is 1. The van der Waals surface area contributed by atoms with Crippen molar-refractivity contribution < 1.29 is 9.72 Å². The van der Waals surface area contributed by atoms with Gasteiger partial charge in [0.25, 0.3) is 11.6 Å². The molecule has 0 radical (unpaired) electrons. The zero-order valence-corrected chi connectivity index (χ0v) is 13.1. The summed E-state index contributed by atoms with van der Waals surface area (Å²) in [4.78, 5) is 22.4. The molecular weight excluding hydrogens is 312 g/mol. The molecule has 9 heteroatoms. The van der Waals surface area contributed by atoms with Gasteiger partial charge in [-0.15, -0.1) is 5.10 Å². The van der Waals surface area contributed by atoms with E-state index >= 15 is 0 Å². The van der Waals surface area contributed by atoms with Crippen LogP contribution in [-0.2, 0) is 6.54 Å². The van der Waals surface area contributed by atoms with Gasteiger partial charge in [0.15, 0.2) is 5.82 Å². The van der Waals surface area contributed by atoms with Gasteiger partial charge in [-0.25, -0.2) is 4.68 Å². The number of nitrogens with zero attached hydrogens (tertiary/aromatic N) is 5. The second-order valence-electron chi connectivity index (χ2n) is 5.82. The van der Waals surface area contributed by atoms with Crippen molar-refractivity contribution in [1.29, 1.82) is 0 Å². The predicted octanol–water partition coefficient (Wildman–Crippen LogP) is 2.02. The van der Waals surface area contributed by atoms with E-state index in [1.54, 1.807) is 4.68 Å². The molecule has 2 aromatic rings. The number of aromatic nitrogens is 4. The zero-order chi connectivity index (χ0) is 16.9. The van der Waals surface area contributed by atoms with Crippen LogP contribution in [0.2, 0.25) is 0 Å². The molecule has 1 aromatic heterocycles. The second-order valence-corrected chi connectivity index (χ2v) is 5.82. The predicted molar refractivity (Wildman–Crippen MR) is 84.2 cm³/mol. The standard InChI is InChI=1S/C15H18N6O3/c22-15(11-5-4-8-13(9-11)21(23)24)16-10-14-17-18-19-20(14)12-6-2-1-3-7-12/h4-5,8-9,12H,1-3,6-7,10H2,(H,16,22). The molecule has 9 nitrogen and oxygen atoms in total. The summed E-state index contributed by atoms with van der Waals surface area (Å²) in [7, 11) is 0. The number of nitrogens with one attached hydrogen (secondary N) is 1. The highest BCUT2D eigenvalue weighted by Gasteiger charge is 2.20. The molecule has 0 aliphatic heterocycles. The summed E-state index contributed by atoms with van der Waals surface area (Å²) < 4.78 is 1.78. The Morgan fingerprint density at radius 1 is 1.33 bits per heavy atom. The first-order chi connectivity index (χ1) is 11.6. The van der Waals surface area contributed by atoms with E-state index in [2.05, 4.69) is 20.8 Å². The van der Waals surface area contributed by atoms with Gasteiger partial charge >= 0.3 is 0 Å². The van der Waals surface area contributed by atoms with E-state index in [9.17, 15) is 14.9 Å². The summed E-state index contributed by atoms with van der Waals surface area (Å²) in [5.74, 6) is 0.206. The zero-order valence-electron chi connectivity index (χ0n) is 13.1. The van der Waals surface area contributed by atoms with E-state index in [-0.39, 0.29) is 23.8 Å². The molecule has 3 rings (SSSR count). The molecule has 0 atom stereocenters. The molecule has 1 aliphatic rings. The lowest BCUT2D eigenvalue weighted by Gasteiger charge is -2.22. The molecule has 126 valence electrons. The van der Waals surface area contributed by atoms with E-state index in [1.807, 2.05) is 0 Å². The molecule has 1 N–H and O–H groups in total. The molecule has 1 saturated carbocycles. The maximum Gasteiger partial charge on any atom is 0.270 e. The van der Waals surface area contributed by atoms with Crippen molar-refractivity contribution >= 4 is 11.6 Å². The minimum atomic E-state index is -0.527. The molecule has 1 fully saturated rings. The fourth-order valence-electron chi connectivity index (χ4n) is 2.96. The Bertz CT molecular complexity index is 738.